The van der Waals surface area contributed by atoms with Crippen molar-refractivity contribution in [2.45, 2.75) is 122 Å². The maximum Gasteiger partial charge on any atom is 0.171 e. The van der Waals surface area contributed by atoms with E-state index >= 15 is 0 Å². The number of tetrazole rings is 1. The lowest BCUT2D eigenvalue weighted by atomic mass is 9.63. The normalized spacial score (nSPS) is 26.6. The molecule has 1 spiro atoms. The molecule has 7 heteroatoms. The first-order chi connectivity index (χ1) is 15.1. The second kappa shape index (κ2) is 9.84. The minimum absolute atomic E-state index is 0.0611. The number of hydrogen-bond acceptors (Lipinski definition) is 6. The van der Waals surface area contributed by atoms with Gasteiger partial charge in [0, 0.05) is 12.6 Å². The summed E-state index contributed by atoms with van der Waals surface area (Å²) in [4.78, 5) is 0. The first-order valence-electron chi connectivity index (χ1n) is 12.8. The molecule has 1 aromatic heterocycles. The molecule has 2 saturated carbocycles. The molecule has 0 bridgehead atoms. The van der Waals surface area contributed by atoms with Gasteiger partial charge in [-0.25, -0.2) is 4.68 Å². The summed E-state index contributed by atoms with van der Waals surface area (Å²) < 4.78 is 13.9. The summed E-state index contributed by atoms with van der Waals surface area (Å²) in [7, 11) is 0. The predicted octanol–water partition coefficient (Wildman–Crippen LogP) is 4.37. The van der Waals surface area contributed by atoms with Crippen LogP contribution < -0.4 is 5.32 Å². The van der Waals surface area contributed by atoms with Crippen molar-refractivity contribution >= 4 is 0 Å². The molecule has 0 aromatic carbocycles. The Hall–Kier alpha value is -1.05. The fourth-order valence-corrected chi connectivity index (χ4v) is 6.17. The second-order valence-electron chi connectivity index (χ2n) is 10.4. The van der Waals surface area contributed by atoms with Gasteiger partial charge in [-0.2, -0.15) is 0 Å². The predicted molar refractivity (Wildman–Crippen MR) is 121 cm³/mol. The summed E-state index contributed by atoms with van der Waals surface area (Å²) in [5, 5.41) is 17.2. The van der Waals surface area contributed by atoms with Gasteiger partial charge in [-0.3, -0.25) is 0 Å². The molecule has 0 radical (unpaired) electrons. The maximum absolute atomic E-state index is 6.10. The Balaban J connectivity index is 1.49. The lowest BCUT2D eigenvalue weighted by molar-refractivity contribution is -0.203. The van der Waals surface area contributed by atoms with Crippen molar-refractivity contribution in [3.05, 3.63) is 5.82 Å². The zero-order valence-electron chi connectivity index (χ0n) is 20.0. The number of unbranched alkanes of at least 4 members (excludes halogenated alkanes) is 3. The molecule has 0 unspecified atom stereocenters. The third-order valence-electron chi connectivity index (χ3n) is 8.57. The lowest BCUT2D eigenvalue weighted by Gasteiger charge is -2.54. The van der Waals surface area contributed by atoms with Crippen LogP contribution in [-0.2, 0) is 21.6 Å². The highest BCUT2D eigenvalue weighted by Gasteiger charge is 2.52. The van der Waals surface area contributed by atoms with Crippen molar-refractivity contribution in [3.8, 4) is 0 Å². The van der Waals surface area contributed by atoms with Crippen LogP contribution in [0.15, 0.2) is 0 Å². The van der Waals surface area contributed by atoms with Crippen LogP contribution in [0.25, 0.3) is 0 Å². The average molecular weight is 434 g/mol. The Bertz CT molecular complexity index is 678. The Kier molecular flexibility index (Phi) is 7.34. The highest BCUT2D eigenvalue weighted by Crippen LogP contribution is 2.50. The van der Waals surface area contributed by atoms with Crippen molar-refractivity contribution in [1.29, 1.82) is 0 Å². The fourth-order valence-electron chi connectivity index (χ4n) is 6.17. The summed E-state index contributed by atoms with van der Waals surface area (Å²) in [6.07, 6.45) is 14.2. The van der Waals surface area contributed by atoms with Gasteiger partial charge in [0.15, 0.2) is 5.82 Å². The summed E-state index contributed by atoms with van der Waals surface area (Å²) in [5.41, 5.74) is 0.296. The smallest absolute Gasteiger partial charge is 0.171 e. The van der Waals surface area contributed by atoms with Gasteiger partial charge in [-0.05, 0) is 60.8 Å². The molecule has 1 saturated heterocycles. The number of ether oxygens (including phenoxy) is 2. The van der Waals surface area contributed by atoms with Crippen LogP contribution in [0, 0.1) is 5.41 Å². The van der Waals surface area contributed by atoms with Crippen LogP contribution in [-0.4, -0.2) is 51.7 Å². The van der Waals surface area contributed by atoms with Crippen molar-refractivity contribution in [2.75, 3.05) is 19.8 Å². The van der Waals surface area contributed by atoms with E-state index in [2.05, 4.69) is 46.3 Å². The quantitative estimate of drug-likeness (QED) is 0.553. The molecular weight excluding hydrogens is 390 g/mol. The van der Waals surface area contributed by atoms with Crippen molar-refractivity contribution < 1.29 is 9.47 Å². The van der Waals surface area contributed by atoms with E-state index in [1.54, 1.807) is 0 Å². The number of nitrogens with one attached hydrogen (secondary N) is 1. The van der Waals surface area contributed by atoms with Gasteiger partial charge in [-0.15, -0.1) is 5.10 Å². The zero-order valence-corrected chi connectivity index (χ0v) is 20.0. The molecule has 2 heterocycles. The minimum Gasteiger partial charge on any atom is -0.376 e. The first-order valence-corrected chi connectivity index (χ1v) is 12.8. The largest absolute Gasteiger partial charge is 0.376 e. The lowest BCUT2D eigenvalue weighted by Crippen LogP contribution is -2.64. The van der Waals surface area contributed by atoms with E-state index < -0.39 is 0 Å². The molecule has 3 aliphatic rings. The summed E-state index contributed by atoms with van der Waals surface area (Å²) >= 11 is 0. The fraction of sp³-hybridized carbons (Fsp3) is 0.958. The van der Waals surface area contributed by atoms with Crippen LogP contribution >= 0.6 is 0 Å². The van der Waals surface area contributed by atoms with Gasteiger partial charge in [0.25, 0.3) is 0 Å². The Morgan fingerprint density at radius 3 is 2.42 bits per heavy atom. The molecule has 7 nitrogen and oxygen atoms in total. The van der Waals surface area contributed by atoms with Crippen molar-refractivity contribution in [1.82, 2.24) is 25.5 Å². The van der Waals surface area contributed by atoms with Crippen molar-refractivity contribution in [3.63, 3.8) is 0 Å². The zero-order chi connectivity index (χ0) is 21.8. The molecule has 4 rings (SSSR count). The molecule has 0 atom stereocenters. The Labute approximate surface area is 188 Å². The molecule has 1 aliphatic heterocycles. The Morgan fingerprint density at radius 2 is 1.77 bits per heavy atom. The van der Waals surface area contributed by atoms with Gasteiger partial charge in [-0.1, -0.05) is 52.9 Å². The SMILES string of the molecule is CCCCCCn1nnnc1C1(NC2CC3(COCCO3)C2)CCC(CC)(CC)CC1. The second-order valence-corrected chi connectivity index (χ2v) is 10.4. The van der Waals surface area contributed by atoms with E-state index in [-0.39, 0.29) is 11.1 Å². The number of hydrogen-bond donors (Lipinski definition) is 1. The molecule has 2 aliphatic carbocycles. The van der Waals surface area contributed by atoms with Crippen molar-refractivity contribution in [2.24, 2.45) is 5.41 Å². The van der Waals surface area contributed by atoms with E-state index in [0.29, 0.717) is 11.5 Å². The Morgan fingerprint density at radius 1 is 1.00 bits per heavy atom. The monoisotopic (exact) mass is 433 g/mol. The van der Waals surface area contributed by atoms with Gasteiger partial charge in [0.2, 0.25) is 0 Å². The highest BCUT2D eigenvalue weighted by atomic mass is 16.6. The summed E-state index contributed by atoms with van der Waals surface area (Å²) in [6.45, 7) is 10.1. The van der Waals surface area contributed by atoms with Crippen LogP contribution in [0.2, 0.25) is 0 Å². The first kappa shape index (κ1) is 23.1. The molecule has 31 heavy (non-hydrogen) atoms. The van der Waals surface area contributed by atoms with E-state index in [9.17, 15) is 0 Å². The number of aromatic nitrogens is 4. The van der Waals surface area contributed by atoms with Gasteiger partial charge < -0.3 is 14.8 Å². The van der Waals surface area contributed by atoms with E-state index in [1.165, 1.54) is 44.9 Å². The molecule has 176 valence electrons. The van der Waals surface area contributed by atoms with Gasteiger partial charge >= 0.3 is 0 Å². The highest BCUT2D eigenvalue weighted by molar-refractivity contribution is 5.13. The van der Waals surface area contributed by atoms with E-state index in [0.717, 1.165) is 64.3 Å². The van der Waals surface area contributed by atoms with Gasteiger partial charge in [0.1, 0.15) is 0 Å². The van der Waals surface area contributed by atoms with Crippen LogP contribution in [0.3, 0.4) is 0 Å². The average Bonchev–Trinajstić information content (AvgIpc) is 3.26. The number of nitrogens with zero attached hydrogens (tertiary/aromatic N) is 4. The minimum atomic E-state index is -0.121. The van der Waals surface area contributed by atoms with Crippen LogP contribution in [0.1, 0.15) is 104 Å². The summed E-state index contributed by atoms with van der Waals surface area (Å²) in [5.74, 6) is 1.06. The molecule has 0 amide bonds. The third-order valence-corrected chi connectivity index (χ3v) is 8.57. The number of aryl methyl sites for hydroxylation is 1. The molecule has 1 N–H and O–H groups in total. The van der Waals surface area contributed by atoms with E-state index in [1.807, 2.05) is 0 Å². The van der Waals surface area contributed by atoms with Crippen LogP contribution in [0.5, 0.6) is 0 Å². The topological polar surface area (TPSA) is 74.1 Å². The third kappa shape index (κ3) is 4.83. The standard InChI is InChI=1S/C24H43N5O2/c1-4-7-8-9-14-29-21(26-27-28-29)24(12-10-22(5-2,6-3)11-13-24)25-20-17-23(18-20)19-30-15-16-31-23/h20,25H,4-19H2,1-3H3. The van der Waals surface area contributed by atoms with E-state index in [4.69, 9.17) is 9.47 Å². The van der Waals surface area contributed by atoms with Crippen LogP contribution in [0.4, 0.5) is 0 Å². The number of rotatable bonds is 10. The molecule has 3 fully saturated rings. The molecular formula is C24H43N5O2. The molecule has 1 aromatic rings. The maximum atomic E-state index is 6.10. The van der Waals surface area contributed by atoms with Gasteiger partial charge in [0.05, 0.1) is 31.0 Å². The summed E-state index contributed by atoms with van der Waals surface area (Å²) in [6, 6.07) is 0.447.